The van der Waals surface area contributed by atoms with Crippen molar-refractivity contribution in [1.82, 2.24) is 10.4 Å². The lowest BCUT2D eigenvalue weighted by atomic mass is 10.1. The maximum absolute atomic E-state index is 11.7. The van der Waals surface area contributed by atoms with E-state index in [4.69, 9.17) is 0 Å². The average molecular weight is 253 g/mol. The number of benzene rings is 1. The van der Waals surface area contributed by atoms with E-state index in [-0.39, 0.29) is 5.91 Å². The van der Waals surface area contributed by atoms with Crippen LogP contribution in [0, 0.1) is 13.8 Å². The van der Waals surface area contributed by atoms with Crippen molar-refractivity contribution in [3.05, 3.63) is 65.0 Å². The Morgan fingerprint density at radius 2 is 2.16 bits per heavy atom. The van der Waals surface area contributed by atoms with Crippen molar-refractivity contribution in [2.24, 2.45) is 5.10 Å². The van der Waals surface area contributed by atoms with Crippen LogP contribution in [0.2, 0.25) is 0 Å². The summed E-state index contributed by atoms with van der Waals surface area (Å²) in [5.74, 6) is -0.269. The molecule has 1 aromatic carbocycles. The second kappa shape index (κ2) is 5.91. The van der Waals surface area contributed by atoms with Crippen LogP contribution >= 0.6 is 0 Å². The summed E-state index contributed by atoms with van der Waals surface area (Å²) in [5, 5.41) is 3.97. The van der Waals surface area contributed by atoms with Crippen molar-refractivity contribution in [3.8, 4) is 0 Å². The molecule has 2 aromatic rings. The molecule has 19 heavy (non-hydrogen) atoms. The molecule has 1 N–H and O–H groups in total. The Balaban J connectivity index is 2.04. The van der Waals surface area contributed by atoms with Gasteiger partial charge in [-0.05, 0) is 37.1 Å². The summed E-state index contributed by atoms with van der Waals surface area (Å²) in [6.07, 6.45) is 4.77. The summed E-state index contributed by atoms with van der Waals surface area (Å²) >= 11 is 0. The molecule has 0 unspecified atom stereocenters. The molecule has 1 heterocycles. The first-order valence-electron chi connectivity index (χ1n) is 5.97. The van der Waals surface area contributed by atoms with Gasteiger partial charge in [0, 0.05) is 12.4 Å². The topological polar surface area (TPSA) is 54.4 Å². The molecule has 4 nitrogen and oxygen atoms in total. The first-order chi connectivity index (χ1) is 9.16. The van der Waals surface area contributed by atoms with Crippen LogP contribution in [-0.2, 0) is 0 Å². The lowest BCUT2D eigenvalue weighted by Gasteiger charge is -2.02. The predicted octanol–water partition coefficient (Wildman–Crippen LogP) is 2.46. The van der Waals surface area contributed by atoms with Gasteiger partial charge in [0.25, 0.3) is 5.91 Å². The molecule has 0 aliphatic heterocycles. The van der Waals surface area contributed by atoms with Crippen molar-refractivity contribution in [2.45, 2.75) is 13.8 Å². The molecule has 0 fully saturated rings. The van der Waals surface area contributed by atoms with Crippen molar-refractivity contribution >= 4 is 12.1 Å². The molecule has 0 atom stereocenters. The molecular formula is C15H15N3O. The van der Waals surface area contributed by atoms with Crippen LogP contribution in [0.3, 0.4) is 0 Å². The van der Waals surface area contributed by atoms with Gasteiger partial charge in [0.1, 0.15) is 0 Å². The van der Waals surface area contributed by atoms with Gasteiger partial charge in [-0.2, -0.15) is 5.10 Å². The highest BCUT2D eigenvalue weighted by molar-refractivity contribution is 5.94. The molecule has 0 spiro atoms. The fourth-order valence-electron chi connectivity index (χ4n) is 1.62. The largest absolute Gasteiger partial charge is 0.272 e. The number of aryl methyl sites for hydroxylation is 2. The van der Waals surface area contributed by atoms with Crippen molar-refractivity contribution in [3.63, 3.8) is 0 Å². The van der Waals surface area contributed by atoms with Crippen LogP contribution in [0.4, 0.5) is 0 Å². The minimum absolute atomic E-state index is 0.269. The molecule has 0 bridgehead atoms. The van der Waals surface area contributed by atoms with Crippen LogP contribution in [-0.4, -0.2) is 17.1 Å². The quantitative estimate of drug-likeness (QED) is 0.674. The highest BCUT2D eigenvalue weighted by Gasteiger charge is 2.02. The van der Waals surface area contributed by atoms with Gasteiger partial charge in [0.2, 0.25) is 0 Å². The van der Waals surface area contributed by atoms with E-state index in [0.717, 1.165) is 16.7 Å². The lowest BCUT2D eigenvalue weighted by Crippen LogP contribution is -2.17. The van der Waals surface area contributed by atoms with Gasteiger partial charge < -0.3 is 0 Å². The Hall–Kier alpha value is -2.49. The second-order valence-corrected chi connectivity index (χ2v) is 4.30. The summed E-state index contributed by atoms with van der Waals surface area (Å²) in [4.78, 5) is 15.6. The lowest BCUT2D eigenvalue weighted by molar-refractivity contribution is 0.0955. The Morgan fingerprint density at radius 3 is 2.89 bits per heavy atom. The van der Waals surface area contributed by atoms with Crippen molar-refractivity contribution in [2.75, 3.05) is 0 Å². The Kier molecular flexibility index (Phi) is 4.03. The number of carbonyl (C=O) groups is 1. The van der Waals surface area contributed by atoms with E-state index in [0.29, 0.717) is 5.56 Å². The minimum atomic E-state index is -0.269. The van der Waals surface area contributed by atoms with Crippen LogP contribution in [0.15, 0.2) is 47.8 Å². The van der Waals surface area contributed by atoms with Crippen LogP contribution in [0.1, 0.15) is 27.0 Å². The third kappa shape index (κ3) is 3.48. The molecule has 1 aromatic heterocycles. The zero-order valence-electron chi connectivity index (χ0n) is 10.9. The summed E-state index contributed by atoms with van der Waals surface area (Å²) in [7, 11) is 0. The molecule has 0 aliphatic rings. The van der Waals surface area contributed by atoms with E-state index >= 15 is 0 Å². The van der Waals surface area contributed by atoms with E-state index in [2.05, 4.69) is 15.5 Å². The zero-order chi connectivity index (χ0) is 13.7. The van der Waals surface area contributed by atoms with E-state index in [1.165, 1.54) is 6.20 Å². The maximum atomic E-state index is 11.7. The molecule has 0 radical (unpaired) electrons. The van der Waals surface area contributed by atoms with Gasteiger partial charge in [0.15, 0.2) is 0 Å². The van der Waals surface area contributed by atoms with Gasteiger partial charge in [-0.3, -0.25) is 9.78 Å². The van der Waals surface area contributed by atoms with Crippen molar-refractivity contribution < 1.29 is 4.79 Å². The molecule has 0 aliphatic carbocycles. The number of carbonyl (C=O) groups excluding carboxylic acids is 1. The Bertz CT molecular complexity index is 606. The number of hydrogen-bond acceptors (Lipinski definition) is 3. The van der Waals surface area contributed by atoms with Gasteiger partial charge >= 0.3 is 0 Å². The van der Waals surface area contributed by atoms with E-state index in [9.17, 15) is 4.79 Å². The summed E-state index contributed by atoms with van der Waals surface area (Å²) in [6.45, 7) is 4.02. The molecule has 1 amide bonds. The van der Waals surface area contributed by atoms with E-state index < -0.39 is 0 Å². The fourth-order valence-corrected chi connectivity index (χ4v) is 1.62. The minimum Gasteiger partial charge on any atom is -0.267 e. The predicted molar refractivity (Wildman–Crippen MR) is 75.2 cm³/mol. The Morgan fingerprint density at radius 1 is 1.32 bits per heavy atom. The summed E-state index contributed by atoms with van der Waals surface area (Å²) < 4.78 is 0. The third-order valence-electron chi connectivity index (χ3n) is 2.73. The molecule has 2 rings (SSSR count). The van der Waals surface area contributed by atoms with Crippen LogP contribution in [0.25, 0.3) is 0 Å². The number of amides is 1. The van der Waals surface area contributed by atoms with Crippen LogP contribution < -0.4 is 5.43 Å². The zero-order valence-corrected chi connectivity index (χ0v) is 10.9. The molecular weight excluding hydrogens is 238 g/mol. The first kappa shape index (κ1) is 13.0. The van der Waals surface area contributed by atoms with E-state index in [1.54, 1.807) is 24.5 Å². The number of hydrogen-bond donors (Lipinski definition) is 1. The number of pyridine rings is 1. The molecule has 96 valence electrons. The third-order valence-corrected chi connectivity index (χ3v) is 2.73. The molecule has 0 saturated carbocycles. The average Bonchev–Trinajstić information content (AvgIpc) is 2.43. The number of nitrogens with zero attached hydrogens (tertiary/aromatic N) is 2. The number of hydrazone groups is 1. The van der Waals surface area contributed by atoms with Crippen molar-refractivity contribution in [1.29, 1.82) is 0 Å². The SMILES string of the molecule is Cc1ccc(C)c(C=NNC(=O)c2cccnc2)c1. The monoisotopic (exact) mass is 253 g/mol. The van der Waals surface area contributed by atoms with Gasteiger partial charge in [-0.25, -0.2) is 5.43 Å². The highest BCUT2D eigenvalue weighted by atomic mass is 16.2. The van der Waals surface area contributed by atoms with E-state index in [1.807, 2.05) is 32.0 Å². The summed E-state index contributed by atoms with van der Waals surface area (Å²) in [6, 6.07) is 9.49. The van der Waals surface area contributed by atoms with Gasteiger partial charge in [-0.1, -0.05) is 23.8 Å². The number of nitrogens with one attached hydrogen (secondary N) is 1. The maximum Gasteiger partial charge on any atom is 0.272 e. The standard InChI is InChI=1S/C15H15N3O/c1-11-5-6-12(2)14(8-11)10-17-18-15(19)13-4-3-7-16-9-13/h3-10H,1-2H3,(H,18,19). The number of aromatic nitrogens is 1. The first-order valence-corrected chi connectivity index (χ1v) is 5.97. The second-order valence-electron chi connectivity index (χ2n) is 4.30. The number of rotatable bonds is 3. The summed E-state index contributed by atoms with van der Waals surface area (Å²) in [5.41, 5.74) is 6.24. The Labute approximate surface area is 112 Å². The smallest absolute Gasteiger partial charge is 0.267 e. The van der Waals surface area contributed by atoms with Gasteiger partial charge in [0.05, 0.1) is 11.8 Å². The highest BCUT2D eigenvalue weighted by Crippen LogP contribution is 2.07. The molecule has 0 saturated heterocycles. The fraction of sp³-hybridized carbons (Fsp3) is 0.133. The molecule has 4 heteroatoms. The normalized spacial score (nSPS) is 10.6. The van der Waals surface area contributed by atoms with Gasteiger partial charge in [-0.15, -0.1) is 0 Å². The van der Waals surface area contributed by atoms with Crippen LogP contribution in [0.5, 0.6) is 0 Å².